The van der Waals surface area contributed by atoms with Gasteiger partial charge in [-0.25, -0.2) is 0 Å². The Balaban J connectivity index is 2.27. The number of aliphatic hydroxyl groups excluding tert-OH is 1. The number of unbranched alkanes of at least 4 members (excludes halogenated alkanes) is 2. The van der Waals surface area contributed by atoms with Crippen LogP contribution in [-0.4, -0.2) is 21.9 Å². The van der Waals surface area contributed by atoms with Gasteiger partial charge in [0.2, 0.25) is 0 Å². The van der Waals surface area contributed by atoms with Crippen LogP contribution in [0.4, 0.5) is 0 Å². The van der Waals surface area contributed by atoms with Gasteiger partial charge in [0.1, 0.15) is 0 Å². The Morgan fingerprint density at radius 1 is 1.10 bits per heavy atom. The second-order valence-corrected chi connectivity index (χ2v) is 10.8. The molecule has 0 amide bonds. The van der Waals surface area contributed by atoms with Crippen LogP contribution in [0.25, 0.3) is 0 Å². The molecular formula is C28H52O2. The Hall–Kier alpha value is -0.600. The van der Waals surface area contributed by atoms with Crippen molar-refractivity contribution in [1.82, 2.24) is 0 Å². The maximum Gasteiger partial charge on any atom is 0.0751 e. The minimum atomic E-state index is -0.528. The van der Waals surface area contributed by atoms with E-state index in [1.54, 1.807) is 0 Å². The summed E-state index contributed by atoms with van der Waals surface area (Å²) in [5, 5.41) is 21.0. The second kappa shape index (κ2) is 13.7. The zero-order valence-electron chi connectivity index (χ0n) is 21.2. The highest BCUT2D eigenvalue weighted by molar-refractivity contribution is 5.15. The molecule has 176 valence electrons. The second-order valence-electron chi connectivity index (χ2n) is 10.8. The van der Waals surface area contributed by atoms with E-state index in [1.165, 1.54) is 43.3 Å². The van der Waals surface area contributed by atoms with Gasteiger partial charge >= 0.3 is 0 Å². The van der Waals surface area contributed by atoms with Gasteiger partial charge in [0.05, 0.1) is 11.7 Å². The number of hydrogen-bond acceptors (Lipinski definition) is 2. The van der Waals surface area contributed by atoms with E-state index in [0.717, 1.165) is 38.5 Å². The molecule has 1 aliphatic rings. The first kappa shape index (κ1) is 27.4. The molecular weight excluding hydrogens is 368 g/mol. The molecule has 2 N–H and O–H groups in total. The van der Waals surface area contributed by atoms with Crippen LogP contribution in [0.5, 0.6) is 0 Å². The van der Waals surface area contributed by atoms with Crippen molar-refractivity contribution in [2.45, 2.75) is 131 Å². The smallest absolute Gasteiger partial charge is 0.0751 e. The summed E-state index contributed by atoms with van der Waals surface area (Å²) in [4.78, 5) is 0. The lowest BCUT2D eigenvalue weighted by molar-refractivity contribution is 0.0364. The standard InChI is InChI=1S/C28H52O2/c1-8-9-10-13-21(2)14-11-18-28(7,30)19-12-15-22(3)16-17-26-20-27(29)25(6)23(4)24(26)5/h13,20,22-25,27,29-30H,8-12,14-19H2,1-7H3/b21-13+. The fraction of sp³-hybridized carbons (Fsp3) is 0.857. The third-order valence-corrected chi connectivity index (χ3v) is 7.80. The van der Waals surface area contributed by atoms with Crippen LogP contribution >= 0.6 is 0 Å². The molecule has 0 spiro atoms. The van der Waals surface area contributed by atoms with E-state index >= 15 is 0 Å². The quantitative estimate of drug-likeness (QED) is 0.222. The summed E-state index contributed by atoms with van der Waals surface area (Å²) < 4.78 is 0. The van der Waals surface area contributed by atoms with Crippen molar-refractivity contribution in [2.24, 2.45) is 23.7 Å². The highest BCUT2D eigenvalue weighted by Gasteiger charge is 2.31. The van der Waals surface area contributed by atoms with Gasteiger partial charge in [-0.05, 0) is 82.5 Å². The topological polar surface area (TPSA) is 40.5 Å². The zero-order valence-corrected chi connectivity index (χ0v) is 21.2. The van der Waals surface area contributed by atoms with Gasteiger partial charge in [-0.1, -0.05) is 83.6 Å². The highest BCUT2D eigenvalue weighted by atomic mass is 16.3. The summed E-state index contributed by atoms with van der Waals surface area (Å²) in [6.07, 6.45) is 16.6. The third kappa shape index (κ3) is 10.1. The summed E-state index contributed by atoms with van der Waals surface area (Å²) in [5.41, 5.74) is 2.40. The van der Waals surface area contributed by atoms with Crippen molar-refractivity contribution in [3.8, 4) is 0 Å². The summed E-state index contributed by atoms with van der Waals surface area (Å²) >= 11 is 0. The van der Waals surface area contributed by atoms with Crippen molar-refractivity contribution in [3.63, 3.8) is 0 Å². The molecule has 2 heteroatoms. The Morgan fingerprint density at radius 3 is 2.43 bits per heavy atom. The first-order valence-corrected chi connectivity index (χ1v) is 12.8. The van der Waals surface area contributed by atoms with Gasteiger partial charge < -0.3 is 10.2 Å². The van der Waals surface area contributed by atoms with Crippen molar-refractivity contribution in [2.75, 3.05) is 0 Å². The first-order chi connectivity index (χ1) is 14.1. The van der Waals surface area contributed by atoms with Crippen LogP contribution in [0.2, 0.25) is 0 Å². The lowest BCUT2D eigenvalue weighted by Crippen LogP contribution is -2.32. The number of allylic oxidation sites excluding steroid dienone is 3. The number of rotatable bonds is 14. The summed E-state index contributed by atoms with van der Waals surface area (Å²) in [7, 11) is 0. The van der Waals surface area contributed by atoms with Gasteiger partial charge in [0.15, 0.2) is 0 Å². The van der Waals surface area contributed by atoms with E-state index in [-0.39, 0.29) is 6.10 Å². The van der Waals surface area contributed by atoms with Crippen LogP contribution in [0.1, 0.15) is 119 Å². The molecule has 1 rings (SSSR count). The Kier molecular flexibility index (Phi) is 12.6. The van der Waals surface area contributed by atoms with Crippen molar-refractivity contribution < 1.29 is 10.2 Å². The maximum absolute atomic E-state index is 10.7. The molecule has 6 unspecified atom stereocenters. The highest BCUT2D eigenvalue weighted by Crippen LogP contribution is 2.37. The molecule has 0 bridgehead atoms. The van der Waals surface area contributed by atoms with Crippen LogP contribution in [0.3, 0.4) is 0 Å². The summed E-state index contributed by atoms with van der Waals surface area (Å²) in [6, 6.07) is 0. The summed E-state index contributed by atoms with van der Waals surface area (Å²) in [6.45, 7) is 15.6. The van der Waals surface area contributed by atoms with E-state index in [9.17, 15) is 10.2 Å². The van der Waals surface area contributed by atoms with E-state index in [0.29, 0.717) is 23.7 Å². The molecule has 0 aromatic rings. The molecule has 0 aromatic carbocycles. The predicted molar refractivity (Wildman–Crippen MR) is 132 cm³/mol. The lowest BCUT2D eigenvalue weighted by atomic mass is 9.71. The molecule has 2 nitrogen and oxygen atoms in total. The minimum absolute atomic E-state index is 0.276. The SMILES string of the molecule is CCCC/C=C(\C)CCCC(C)(O)CCCC(C)CCC1=CC(O)C(C)C(C)C1C. The Labute approximate surface area is 188 Å². The van der Waals surface area contributed by atoms with Crippen LogP contribution in [0.15, 0.2) is 23.3 Å². The van der Waals surface area contributed by atoms with E-state index in [4.69, 9.17) is 0 Å². The van der Waals surface area contributed by atoms with Gasteiger partial charge in [-0.15, -0.1) is 0 Å². The Bertz CT molecular complexity index is 531. The predicted octanol–water partition coefficient (Wildman–Crippen LogP) is 7.84. The molecule has 0 saturated heterocycles. The zero-order chi connectivity index (χ0) is 22.7. The molecule has 0 radical (unpaired) electrons. The van der Waals surface area contributed by atoms with Crippen molar-refractivity contribution >= 4 is 0 Å². The molecule has 0 aromatic heterocycles. The van der Waals surface area contributed by atoms with Crippen molar-refractivity contribution in [3.05, 3.63) is 23.3 Å². The normalized spacial score (nSPS) is 28.2. The van der Waals surface area contributed by atoms with E-state index in [1.807, 2.05) is 6.92 Å². The third-order valence-electron chi connectivity index (χ3n) is 7.80. The summed E-state index contributed by atoms with van der Waals surface area (Å²) in [5.74, 6) is 2.16. The molecule has 30 heavy (non-hydrogen) atoms. The van der Waals surface area contributed by atoms with Gasteiger partial charge in [-0.3, -0.25) is 0 Å². The maximum atomic E-state index is 10.7. The largest absolute Gasteiger partial charge is 0.390 e. The molecule has 0 aliphatic heterocycles. The van der Waals surface area contributed by atoms with E-state index < -0.39 is 5.60 Å². The average molecular weight is 421 g/mol. The molecule has 0 saturated carbocycles. The van der Waals surface area contributed by atoms with Crippen molar-refractivity contribution in [1.29, 1.82) is 0 Å². The molecule has 0 fully saturated rings. The first-order valence-electron chi connectivity index (χ1n) is 12.8. The Morgan fingerprint density at radius 2 is 1.77 bits per heavy atom. The van der Waals surface area contributed by atoms with Crippen LogP contribution in [0, 0.1) is 23.7 Å². The van der Waals surface area contributed by atoms with Gasteiger partial charge in [-0.2, -0.15) is 0 Å². The minimum Gasteiger partial charge on any atom is -0.390 e. The molecule has 0 heterocycles. The van der Waals surface area contributed by atoms with Gasteiger partial charge in [0.25, 0.3) is 0 Å². The number of hydrogen-bond donors (Lipinski definition) is 2. The van der Waals surface area contributed by atoms with Gasteiger partial charge in [0, 0.05) is 0 Å². The number of aliphatic hydroxyl groups is 2. The monoisotopic (exact) mass is 420 g/mol. The fourth-order valence-electron chi connectivity index (χ4n) is 4.85. The lowest BCUT2D eigenvalue weighted by Gasteiger charge is -2.36. The fourth-order valence-corrected chi connectivity index (χ4v) is 4.85. The van der Waals surface area contributed by atoms with E-state index in [2.05, 4.69) is 53.7 Å². The molecule has 6 atom stereocenters. The van der Waals surface area contributed by atoms with Crippen LogP contribution < -0.4 is 0 Å². The average Bonchev–Trinajstić information content (AvgIpc) is 2.68. The van der Waals surface area contributed by atoms with Crippen LogP contribution in [-0.2, 0) is 0 Å². The molecule has 1 aliphatic carbocycles.